The Labute approximate surface area is 91.4 Å². The monoisotopic (exact) mass is 205 g/mol. The van der Waals surface area contributed by atoms with Crippen LogP contribution in [0.25, 0.3) is 0 Å². The Bertz CT molecular complexity index is 333. The minimum absolute atomic E-state index is 0.262. The van der Waals surface area contributed by atoms with Crippen LogP contribution in [0.4, 0.5) is 0 Å². The minimum atomic E-state index is 0.262. The summed E-state index contributed by atoms with van der Waals surface area (Å²) in [6.07, 6.45) is 3.49. The molecule has 0 amide bonds. The zero-order valence-electron chi connectivity index (χ0n) is 9.55. The molecule has 2 nitrogen and oxygen atoms in total. The second-order valence-corrected chi connectivity index (χ2v) is 4.41. The van der Waals surface area contributed by atoms with Gasteiger partial charge in [-0.15, -0.1) is 0 Å². The number of benzene rings is 1. The molecule has 0 aromatic heterocycles. The fourth-order valence-electron chi connectivity index (χ4n) is 2.05. The van der Waals surface area contributed by atoms with Gasteiger partial charge in [0, 0.05) is 12.0 Å². The summed E-state index contributed by atoms with van der Waals surface area (Å²) >= 11 is 0. The summed E-state index contributed by atoms with van der Waals surface area (Å²) in [6, 6.07) is 6.53. The van der Waals surface area contributed by atoms with Crippen LogP contribution in [0.5, 0.6) is 5.75 Å². The second-order valence-electron chi connectivity index (χ2n) is 4.41. The van der Waals surface area contributed by atoms with Crippen molar-refractivity contribution in [2.75, 3.05) is 13.7 Å². The topological polar surface area (TPSA) is 35.2 Å². The van der Waals surface area contributed by atoms with Gasteiger partial charge in [-0.25, -0.2) is 0 Å². The van der Waals surface area contributed by atoms with Crippen LogP contribution in [0.15, 0.2) is 18.2 Å². The first-order valence-electron chi connectivity index (χ1n) is 5.62. The lowest BCUT2D eigenvalue weighted by molar-refractivity contribution is 0.413. The molecule has 0 aliphatic heterocycles. The van der Waals surface area contributed by atoms with Crippen LogP contribution in [0.1, 0.15) is 30.9 Å². The first-order valence-corrected chi connectivity index (χ1v) is 5.62. The average molecular weight is 205 g/mol. The maximum atomic E-state index is 5.84. The number of rotatable bonds is 4. The van der Waals surface area contributed by atoms with Gasteiger partial charge < -0.3 is 10.5 Å². The van der Waals surface area contributed by atoms with E-state index < -0.39 is 0 Å². The van der Waals surface area contributed by atoms with E-state index in [1.54, 1.807) is 7.11 Å². The van der Waals surface area contributed by atoms with Gasteiger partial charge in [0.1, 0.15) is 5.75 Å². The minimum Gasteiger partial charge on any atom is -0.497 e. The summed E-state index contributed by atoms with van der Waals surface area (Å²) in [5.41, 5.74) is 8.80. The third-order valence-corrected chi connectivity index (χ3v) is 3.47. The Morgan fingerprint density at radius 3 is 2.53 bits per heavy atom. The molecule has 2 N–H and O–H groups in total. The first-order chi connectivity index (χ1) is 7.24. The predicted octanol–water partition coefficient (Wildman–Crippen LogP) is 2.25. The highest BCUT2D eigenvalue weighted by atomic mass is 16.5. The highest BCUT2D eigenvalue weighted by Crippen LogP contribution is 2.48. The van der Waals surface area contributed by atoms with E-state index in [9.17, 15) is 0 Å². The number of nitrogens with two attached hydrogens (primary N) is 1. The molecule has 1 aliphatic rings. The van der Waals surface area contributed by atoms with E-state index in [0.717, 1.165) is 18.7 Å². The Hall–Kier alpha value is -1.02. The van der Waals surface area contributed by atoms with E-state index in [1.807, 2.05) is 0 Å². The first kappa shape index (κ1) is 10.5. The highest BCUT2D eigenvalue weighted by molar-refractivity contribution is 5.41. The molecule has 0 radical (unpaired) electrons. The van der Waals surface area contributed by atoms with Crippen molar-refractivity contribution in [1.29, 1.82) is 0 Å². The zero-order valence-corrected chi connectivity index (χ0v) is 9.55. The molecule has 0 bridgehead atoms. The molecule has 1 saturated carbocycles. The molecule has 1 aromatic carbocycles. The molecule has 2 rings (SSSR count). The normalized spacial score (nSPS) is 17.5. The van der Waals surface area contributed by atoms with Crippen LogP contribution in [-0.4, -0.2) is 13.7 Å². The number of ether oxygens (including phenoxy) is 1. The number of methoxy groups -OCH3 is 1. The summed E-state index contributed by atoms with van der Waals surface area (Å²) in [4.78, 5) is 0. The smallest absolute Gasteiger partial charge is 0.119 e. The molecule has 2 heteroatoms. The Balaban J connectivity index is 2.38. The Kier molecular flexibility index (Phi) is 2.70. The Morgan fingerprint density at radius 2 is 2.07 bits per heavy atom. The van der Waals surface area contributed by atoms with E-state index in [4.69, 9.17) is 10.5 Å². The van der Waals surface area contributed by atoms with Crippen molar-refractivity contribution in [3.05, 3.63) is 29.3 Å². The maximum absolute atomic E-state index is 5.84. The van der Waals surface area contributed by atoms with Crippen LogP contribution >= 0.6 is 0 Å². The lowest BCUT2D eigenvalue weighted by Crippen LogP contribution is -2.19. The van der Waals surface area contributed by atoms with Crippen LogP contribution in [0, 0.1) is 0 Å². The van der Waals surface area contributed by atoms with Gasteiger partial charge in [-0.2, -0.15) is 0 Å². The van der Waals surface area contributed by atoms with Crippen molar-refractivity contribution in [1.82, 2.24) is 0 Å². The molecule has 15 heavy (non-hydrogen) atoms. The van der Waals surface area contributed by atoms with Gasteiger partial charge in [0.15, 0.2) is 0 Å². The number of hydrogen-bond donors (Lipinski definition) is 1. The van der Waals surface area contributed by atoms with Crippen LogP contribution in [-0.2, 0) is 11.8 Å². The van der Waals surface area contributed by atoms with Crippen molar-refractivity contribution in [3.63, 3.8) is 0 Å². The van der Waals surface area contributed by atoms with Crippen LogP contribution in [0.3, 0.4) is 0 Å². The highest BCUT2D eigenvalue weighted by Gasteiger charge is 2.43. The van der Waals surface area contributed by atoms with Crippen molar-refractivity contribution >= 4 is 0 Å². The van der Waals surface area contributed by atoms with Gasteiger partial charge in [-0.1, -0.05) is 13.0 Å². The van der Waals surface area contributed by atoms with Crippen molar-refractivity contribution in [2.45, 2.75) is 31.6 Å². The second kappa shape index (κ2) is 3.86. The van der Waals surface area contributed by atoms with E-state index >= 15 is 0 Å². The van der Waals surface area contributed by atoms with Gasteiger partial charge in [-0.05, 0) is 42.5 Å². The quantitative estimate of drug-likeness (QED) is 0.818. The molecule has 1 aliphatic carbocycles. The van der Waals surface area contributed by atoms with Crippen LogP contribution in [0.2, 0.25) is 0 Å². The lowest BCUT2D eigenvalue weighted by Gasteiger charge is -2.15. The molecule has 0 unspecified atom stereocenters. The van der Waals surface area contributed by atoms with E-state index in [1.165, 1.54) is 24.0 Å². The predicted molar refractivity (Wildman–Crippen MR) is 62.3 cm³/mol. The van der Waals surface area contributed by atoms with E-state index in [0.29, 0.717) is 0 Å². The van der Waals surface area contributed by atoms with Gasteiger partial charge in [-0.3, -0.25) is 0 Å². The summed E-state index contributed by atoms with van der Waals surface area (Å²) in [7, 11) is 1.72. The summed E-state index contributed by atoms with van der Waals surface area (Å²) in [6.45, 7) is 2.92. The average Bonchev–Trinajstić information content (AvgIpc) is 3.09. The molecule has 82 valence electrons. The molecule has 1 fully saturated rings. The molecule has 0 atom stereocenters. The SMILES string of the molecule is CCc1cc(OC)cc(C2(CN)CC2)c1. The van der Waals surface area contributed by atoms with Gasteiger partial charge >= 0.3 is 0 Å². The van der Waals surface area contributed by atoms with Crippen molar-refractivity contribution in [2.24, 2.45) is 5.73 Å². The fraction of sp³-hybridized carbons (Fsp3) is 0.538. The van der Waals surface area contributed by atoms with Crippen molar-refractivity contribution < 1.29 is 4.74 Å². The summed E-state index contributed by atoms with van der Waals surface area (Å²) in [5, 5.41) is 0. The number of hydrogen-bond acceptors (Lipinski definition) is 2. The molecule has 1 aromatic rings. The van der Waals surface area contributed by atoms with Crippen LogP contribution < -0.4 is 10.5 Å². The lowest BCUT2D eigenvalue weighted by atomic mass is 9.93. The largest absolute Gasteiger partial charge is 0.497 e. The zero-order chi connectivity index (χ0) is 10.9. The molecule has 0 spiro atoms. The summed E-state index contributed by atoms with van der Waals surface area (Å²) in [5.74, 6) is 0.962. The molecule has 0 saturated heterocycles. The van der Waals surface area contributed by atoms with Gasteiger partial charge in [0.05, 0.1) is 7.11 Å². The number of aryl methyl sites for hydroxylation is 1. The van der Waals surface area contributed by atoms with Crippen molar-refractivity contribution in [3.8, 4) is 5.75 Å². The molecule has 0 heterocycles. The molecular formula is C13H19NO. The third-order valence-electron chi connectivity index (χ3n) is 3.47. The maximum Gasteiger partial charge on any atom is 0.119 e. The van der Waals surface area contributed by atoms with E-state index in [-0.39, 0.29) is 5.41 Å². The Morgan fingerprint density at radius 1 is 1.33 bits per heavy atom. The fourth-order valence-corrected chi connectivity index (χ4v) is 2.05. The molecular weight excluding hydrogens is 186 g/mol. The van der Waals surface area contributed by atoms with Gasteiger partial charge in [0.2, 0.25) is 0 Å². The van der Waals surface area contributed by atoms with Gasteiger partial charge in [0.25, 0.3) is 0 Å². The third kappa shape index (κ3) is 1.86. The summed E-state index contributed by atoms with van der Waals surface area (Å²) < 4.78 is 5.32. The standard InChI is InChI=1S/C13H19NO/c1-3-10-6-11(8-12(7-10)15-2)13(9-14)4-5-13/h6-8H,3-5,9,14H2,1-2H3. The van der Waals surface area contributed by atoms with E-state index in [2.05, 4.69) is 25.1 Å².